The van der Waals surface area contributed by atoms with Gasteiger partial charge < -0.3 is 18.2 Å². The average molecular weight is 706 g/mol. The quantitative estimate of drug-likeness (QED) is 0.145. The zero-order valence-electron chi connectivity index (χ0n) is 32.3. The molecule has 1 aliphatic rings. The highest BCUT2D eigenvalue weighted by molar-refractivity contribution is 8.29. The topological polar surface area (TPSA) is 84.6 Å². The summed E-state index contributed by atoms with van der Waals surface area (Å²) in [6.07, 6.45) is 8.93. The number of thioether (sulfide) groups is 1. The third-order valence-corrected chi connectivity index (χ3v) is 13.5. The van der Waals surface area contributed by atoms with Crippen LogP contribution >= 0.6 is 22.1 Å². The number of aromatic nitrogens is 3. The summed E-state index contributed by atoms with van der Waals surface area (Å²) in [5.41, 5.74) is 7.63. The van der Waals surface area contributed by atoms with Crippen molar-refractivity contribution < 1.29 is 23.2 Å². The molecule has 1 saturated heterocycles. The summed E-state index contributed by atoms with van der Waals surface area (Å²) < 4.78 is 22.1. The van der Waals surface area contributed by atoms with Crippen molar-refractivity contribution in [3.05, 3.63) is 40.3 Å². The molecule has 0 radical (unpaired) electrons. The van der Waals surface area contributed by atoms with Crippen LogP contribution in [-0.4, -0.2) is 63.0 Å². The molecular formula is C38H63N3O5S2. The van der Waals surface area contributed by atoms with Gasteiger partial charge in [0.05, 0.1) is 19.4 Å². The predicted octanol–water partition coefficient (Wildman–Crippen LogP) is 10.2. The lowest BCUT2D eigenvalue weighted by Gasteiger charge is -2.43. The molecule has 4 rings (SSSR count). The standard InChI is InChI=1S/C34H51N3O5S2.2C2H6/c1-11-25-16-17-27-29(22(2)32(33(39)40-8)36(27)18-14-20-42-44(9,10)34(5,6)7)31(25)30-23(3)37(28-15-12-13-19-41-28)35-26(30)21-43-24(4)38;2*1-2/h16-17,28H,11-15,18-21H2,1-10H3;2*1-2H3. The van der Waals surface area contributed by atoms with Gasteiger partial charge in [-0.15, -0.1) is 10.3 Å². The summed E-state index contributed by atoms with van der Waals surface area (Å²) in [6.45, 7) is 24.5. The molecule has 1 atom stereocenters. The third kappa shape index (κ3) is 9.29. The van der Waals surface area contributed by atoms with Crippen molar-refractivity contribution in [1.82, 2.24) is 14.3 Å². The van der Waals surface area contributed by atoms with Crippen molar-refractivity contribution >= 4 is 44.1 Å². The lowest BCUT2D eigenvalue weighted by molar-refractivity contribution is -0.109. The number of hydrogen-bond donors (Lipinski definition) is 0. The van der Waals surface area contributed by atoms with Gasteiger partial charge in [0, 0.05) is 52.7 Å². The fourth-order valence-electron chi connectivity index (χ4n) is 5.89. The molecule has 8 nitrogen and oxygen atoms in total. The van der Waals surface area contributed by atoms with Gasteiger partial charge in [-0.25, -0.2) is 9.48 Å². The van der Waals surface area contributed by atoms with Gasteiger partial charge >= 0.3 is 5.97 Å². The number of nitrogens with zero attached hydrogens (tertiary/aromatic N) is 3. The number of aryl methyl sites for hydroxylation is 3. The van der Waals surface area contributed by atoms with E-state index in [1.165, 1.54) is 24.4 Å². The molecule has 0 N–H and O–H groups in total. The normalized spacial score (nSPS) is 15.3. The number of benzene rings is 1. The van der Waals surface area contributed by atoms with E-state index in [4.69, 9.17) is 18.8 Å². The largest absolute Gasteiger partial charge is 0.464 e. The number of carbonyl (C=O) groups is 2. The van der Waals surface area contributed by atoms with Gasteiger partial charge in [0.15, 0.2) is 5.12 Å². The minimum atomic E-state index is -1.25. The van der Waals surface area contributed by atoms with E-state index in [-0.39, 0.29) is 22.1 Å². The lowest BCUT2D eigenvalue weighted by atomic mass is 9.91. The van der Waals surface area contributed by atoms with Crippen molar-refractivity contribution in [3.8, 4) is 11.1 Å². The smallest absolute Gasteiger partial charge is 0.354 e. The van der Waals surface area contributed by atoms with Gasteiger partial charge in [-0.1, -0.05) is 73.2 Å². The number of hydrogen-bond acceptors (Lipinski definition) is 7. The summed E-state index contributed by atoms with van der Waals surface area (Å²) >= 11 is 1.27. The highest BCUT2D eigenvalue weighted by atomic mass is 32.3. The van der Waals surface area contributed by atoms with Gasteiger partial charge in [-0.3, -0.25) is 4.79 Å². The molecule has 2 aromatic heterocycles. The van der Waals surface area contributed by atoms with Crippen LogP contribution in [0.5, 0.6) is 0 Å². The van der Waals surface area contributed by atoms with Crippen molar-refractivity contribution in [2.45, 2.75) is 132 Å². The van der Waals surface area contributed by atoms with Crippen LogP contribution in [0.2, 0.25) is 0 Å². The SMILES string of the molecule is CC.CC.CCc1ccc2c(c(C)c(C(=O)OC)n2CCCOS(C)(C)C(C)(C)C)c1-c1c(CSC(C)=O)nn(C2CCCCO2)c1C. The van der Waals surface area contributed by atoms with E-state index >= 15 is 0 Å². The number of rotatable bonds is 11. The van der Waals surface area contributed by atoms with E-state index < -0.39 is 10.3 Å². The van der Waals surface area contributed by atoms with Crippen LogP contribution in [0.3, 0.4) is 0 Å². The summed E-state index contributed by atoms with van der Waals surface area (Å²) in [5, 5.41) is 6.17. The highest BCUT2D eigenvalue weighted by Crippen LogP contribution is 2.53. The molecule has 0 amide bonds. The average Bonchev–Trinajstić information content (AvgIpc) is 3.55. The number of esters is 1. The molecule has 0 bridgehead atoms. The molecule has 3 aromatic rings. The first-order chi connectivity index (χ1) is 22.7. The minimum Gasteiger partial charge on any atom is -0.464 e. The van der Waals surface area contributed by atoms with E-state index in [9.17, 15) is 9.59 Å². The maximum absolute atomic E-state index is 13.3. The lowest BCUT2D eigenvalue weighted by Crippen LogP contribution is -2.25. The second-order valence-electron chi connectivity index (χ2n) is 12.9. The Morgan fingerprint density at radius 1 is 1.08 bits per heavy atom. The molecule has 1 aromatic carbocycles. The molecule has 0 aliphatic carbocycles. The first kappa shape index (κ1) is 41.9. The molecular weight excluding hydrogens is 643 g/mol. The van der Waals surface area contributed by atoms with E-state index in [0.29, 0.717) is 24.6 Å². The van der Waals surface area contributed by atoms with Crippen LogP contribution in [0.1, 0.15) is 127 Å². The molecule has 272 valence electrons. The highest BCUT2D eigenvalue weighted by Gasteiger charge is 2.31. The zero-order valence-corrected chi connectivity index (χ0v) is 33.9. The van der Waals surface area contributed by atoms with E-state index in [1.807, 2.05) is 39.3 Å². The molecule has 1 fully saturated rings. The second kappa shape index (κ2) is 18.6. The van der Waals surface area contributed by atoms with Crippen molar-refractivity contribution in [3.63, 3.8) is 0 Å². The Hall–Kier alpha value is -2.27. The molecule has 1 aliphatic heterocycles. The first-order valence-electron chi connectivity index (χ1n) is 17.7. The molecule has 1 unspecified atom stereocenters. The molecule has 10 heteroatoms. The van der Waals surface area contributed by atoms with Crippen LogP contribution in [0.4, 0.5) is 0 Å². The number of fused-ring (bicyclic) bond motifs is 1. The maximum atomic E-state index is 13.3. The first-order valence-corrected chi connectivity index (χ1v) is 21.0. The maximum Gasteiger partial charge on any atom is 0.354 e. The van der Waals surface area contributed by atoms with Crippen LogP contribution in [0, 0.1) is 13.8 Å². The Kier molecular flexibility index (Phi) is 16.3. The van der Waals surface area contributed by atoms with Crippen LogP contribution in [0.15, 0.2) is 12.1 Å². The van der Waals surface area contributed by atoms with Gasteiger partial charge in [-0.05, 0) is 81.2 Å². The Morgan fingerprint density at radius 2 is 1.75 bits per heavy atom. The van der Waals surface area contributed by atoms with E-state index in [2.05, 4.69) is 63.8 Å². The monoisotopic (exact) mass is 705 g/mol. The number of ether oxygens (including phenoxy) is 2. The van der Waals surface area contributed by atoms with Crippen molar-refractivity contribution in [2.24, 2.45) is 0 Å². The second-order valence-corrected chi connectivity index (χ2v) is 18.0. The number of methoxy groups -OCH3 is 1. The van der Waals surface area contributed by atoms with Gasteiger partial charge in [0.2, 0.25) is 0 Å². The van der Waals surface area contributed by atoms with E-state index in [1.54, 1.807) is 6.92 Å². The van der Waals surface area contributed by atoms with Gasteiger partial charge in [-0.2, -0.15) is 5.10 Å². The molecule has 48 heavy (non-hydrogen) atoms. The van der Waals surface area contributed by atoms with Crippen LogP contribution < -0.4 is 0 Å². The van der Waals surface area contributed by atoms with Crippen molar-refractivity contribution in [2.75, 3.05) is 32.8 Å². The van der Waals surface area contributed by atoms with E-state index in [0.717, 1.165) is 77.7 Å². The zero-order chi connectivity index (χ0) is 36.4. The molecule has 0 spiro atoms. The van der Waals surface area contributed by atoms with Crippen molar-refractivity contribution in [1.29, 1.82) is 0 Å². The Morgan fingerprint density at radius 3 is 2.29 bits per heavy atom. The van der Waals surface area contributed by atoms with Crippen LogP contribution in [-0.2, 0) is 37.2 Å². The molecule has 3 heterocycles. The summed E-state index contributed by atoms with van der Waals surface area (Å²) in [6, 6.07) is 4.31. The Bertz CT molecular complexity index is 1510. The predicted molar refractivity (Wildman–Crippen MR) is 207 cm³/mol. The minimum absolute atomic E-state index is 0.0556. The van der Waals surface area contributed by atoms with Crippen LogP contribution in [0.25, 0.3) is 22.0 Å². The fourth-order valence-corrected chi connectivity index (χ4v) is 7.32. The fraction of sp³-hybridized carbons (Fsp3) is 0.658. The van der Waals surface area contributed by atoms with Gasteiger partial charge in [0.1, 0.15) is 11.9 Å². The Labute approximate surface area is 296 Å². The molecule has 0 saturated carbocycles. The van der Waals surface area contributed by atoms with Gasteiger partial charge in [0.25, 0.3) is 0 Å². The summed E-state index contributed by atoms with van der Waals surface area (Å²) in [4.78, 5) is 25.4. The Balaban J connectivity index is 0.00000193. The third-order valence-electron chi connectivity index (χ3n) is 9.01. The summed E-state index contributed by atoms with van der Waals surface area (Å²) in [7, 11) is 0.193. The summed E-state index contributed by atoms with van der Waals surface area (Å²) in [5.74, 6) is 0.122. The number of carbonyl (C=O) groups excluding carboxylic acids is 2.